The van der Waals surface area contributed by atoms with Crippen molar-refractivity contribution < 1.29 is 4.42 Å². The van der Waals surface area contributed by atoms with Crippen molar-refractivity contribution in [1.29, 1.82) is 0 Å². The van der Waals surface area contributed by atoms with Gasteiger partial charge in [-0.15, -0.1) is 0 Å². The van der Waals surface area contributed by atoms with Crippen LogP contribution >= 0.6 is 23.2 Å². The lowest BCUT2D eigenvalue weighted by molar-refractivity contribution is 0.617. The Hall–Kier alpha value is -1.44. The number of hydrogen-bond acceptors (Lipinski definition) is 1. The van der Waals surface area contributed by atoms with E-state index in [4.69, 9.17) is 27.6 Å². The summed E-state index contributed by atoms with van der Waals surface area (Å²) in [5.74, 6) is 0. The van der Waals surface area contributed by atoms with Gasteiger partial charge >= 0.3 is 0 Å². The van der Waals surface area contributed by atoms with Crippen LogP contribution < -0.4 is 0 Å². The molecule has 0 unspecified atom stereocenters. The summed E-state index contributed by atoms with van der Waals surface area (Å²) in [6.45, 7) is 0. The second-order valence-corrected chi connectivity index (χ2v) is 4.56. The first-order chi connectivity index (χ1) is 8.27. The van der Waals surface area contributed by atoms with Crippen molar-refractivity contribution in [2.75, 3.05) is 0 Å². The summed E-state index contributed by atoms with van der Waals surface area (Å²) in [7, 11) is 0. The molecule has 3 heteroatoms. The maximum Gasteiger partial charge on any atom is 0.141 e. The van der Waals surface area contributed by atoms with Crippen LogP contribution in [0, 0.1) is 0 Å². The molecular weight excluding hydrogens is 255 g/mol. The molecule has 3 aromatic rings. The average molecular weight is 263 g/mol. The monoisotopic (exact) mass is 262 g/mol. The van der Waals surface area contributed by atoms with Crippen LogP contribution in [0.25, 0.3) is 22.1 Å². The van der Waals surface area contributed by atoms with Crippen molar-refractivity contribution in [2.24, 2.45) is 0 Å². The summed E-state index contributed by atoms with van der Waals surface area (Å²) in [5, 5.41) is 2.29. The molecule has 0 saturated heterocycles. The molecule has 0 bridgehead atoms. The van der Waals surface area contributed by atoms with E-state index >= 15 is 0 Å². The van der Waals surface area contributed by atoms with Gasteiger partial charge in [-0.25, -0.2) is 0 Å². The van der Waals surface area contributed by atoms with Crippen molar-refractivity contribution in [1.82, 2.24) is 0 Å². The minimum absolute atomic E-state index is 0.626. The molecule has 17 heavy (non-hydrogen) atoms. The molecule has 0 saturated carbocycles. The van der Waals surface area contributed by atoms with Crippen LogP contribution in [0.1, 0.15) is 0 Å². The smallest absolute Gasteiger partial charge is 0.141 e. The van der Waals surface area contributed by atoms with Gasteiger partial charge in [0.05, 0.1) is 16.3 Å². The highest BCUT2D eigenvalue weighted by atomic mass is 35.5. The highest BCUT2D eigenvalue weighted by Crippen LogP contribution is 2.38. The van der Waals surface area contributed by atoms with Gasteiger partial charge in [-0.3, -0.25) is 0 Å². The van der Waals surface area contributed by atoms with Crippen molar-refractivity contribution in [3.63, 3.8) is 0 Å². The lowest BCUT2D eigenvalue weighted by Crippen LogP contribution is -1.82. The third-order valence-electron chi connectivity index (χ3n) is 2.71. The minimum atomic E-state index is 0.626. The van der Waals surface area contributed by atoms with Crippen LogP contribution in [0.5, 0.6) is 0 Å². The topological polar surface area (TPSA) is 13.1 Å². The number of halogens is 2. The Bertz CT molecular complexity index is 665. The van der Waals surface area contributed by atoms with Gasteiger partial charge in [-0.1, -0.05) is 47.5 Å². The minimum Gasteiger partial charge on any atom is -0.464 e. The fourth-order valence-electron chi connectivity index (χ4n) is 1.95. The van der Waals surface area contributed by atoms with Crippen LogP contribution in [0.4, 0.5) is 0 Å². The van der Waals surface area contributed by atoms with Gasteiger partial charge in [0.1, 0.15) is 5.58 Å². The van der Waals surface area contributed by atoms with Gasteiger partial charge in [-0.2, -0.15) is 0 Å². The fourth-order valence-corrected chi connectivity index (χ4v) is 2.55. The predicted octanol–water partition coefficient (Wildman–Crippen LogP) is 5.41. The van der Waals surface area contributed by atoms with E-state index in [1.54, 1.807) is 6.26 Å². The zero-order chi connectivity index (χ0) is 11.8. The molecule has 0 radical (unpaired) electrons. The van der Waals surface area contributed by atoms with E-state index in [9.17, 15) is 0 Å². The quantitative estimate of drug-likeness (QED) is 0.572. The van der Waals surface area contributed by atoms with E-state index in [-0.39, 0.29) is 0 Å². The maximum absolute atomic E-state index is 6.21. The van der Waals surface area contributed by atoms with E-state index in [1.165, 1.54) is 0 Å². The normalized spacial score (nSPS) is 10.9. The summed E-state index contributed by atoms with van der Waals surface area (Å²) in [5.41, 5.74) is 2.54. The molecule has 3 rings (SSSR count). The van der Waals surface area contributed by atoms with Gasteiger partial charge in [0.15, 0.2) is 0 Å². The molecule has 1 nitrogen and oxygen atoms in total. The Morgan fingerprint density at radius 1 is 0.824 bits per heavy atom. The molecule has 0 atom stereocenters. The van der Waals surface area contributed by atoms with Gasteiger partial charge in [0, 0.05) is 16.5 Å². The van der Waals surface area contributed by atoms with Gasteiger partial charge < -0.3 is 4.42 Å². The molecule has 1 aromatic heterocycles. The van der Waals surface area contributed by atoms with Crippen LogP contribution in [0.3, 0.4) is 0 Å². The number of furan rings is 1. The Morgan fingerprint density at radius 3 is 2.29 bits per heavy atom. The lowest BCUT2D eigenvalue weighted by atomic mass is 10.0. The summed E-state index contributed by atoms with van der Waals surface area (Å²) < 4.78 is 5.50. The average Bonchev–Trinajstić information content (AvgIpc) is 2.77. The van der Waals surface area contributed by atoms with Gasteiger partial charge in [0.2, 0.25) is 0 Å². The zero-order valence-electron chi connectivity index (χ0n) is 8.78. The van der Waals surface area contributed by atoms with Crippen molar-refractivity contribution in [3.8, 4) is 11.1 Å². The Morgan fingerprint density at radius 2 is 1.53 bits per heavy atom. The number of benzene rings is 2. The van der Waals surface area contributed by atoms with E-state index < -0.39 is 0 Å². The Balaban J connectivity index is 2.38. The second kappa shape index (κ2) is 4.10. The van der Waals surface area contributed by atoms with E-state index in [1.807, 2.05) is 42.5 Å². The molecular formula is C14H8Cl2O. The third-order valence-corrected chi connectivity index (χ3v) is 3.34. The first kappa shape index (κ1) is 10.7. The molecule has 0 aliphatic carbocycles. The van der Waals surface area contributed by atoms with Gasteiger partial charge in [0.25, 0.3) is 0 Å². The van der Waals surface area contributed by atoms with Gasteiger partial charge in [-0.05, 0) is 18.2 Å². The molecule has 0 aliphatic heterocycles. The molecule has 0 spiro atoms. The first-order valence-electron chi connectivity index (χ1n) is 5.18. The van der Waals surface area contributed by atoms with E-state index in [0.717, 1.165) is 22.1 Å². The highest BCUT2D eigenvalue weighted by molar-refractivity contribution is 6.39. The fraction of sp³-hybridized carbons (Fsp3) is 0. The zero-order valence-corrected chi connectivity index (χ0v) is 10.3. The summed E-state index contributed by atoms with van der Waals surface area (Å²) in [6.07, 6.45) is 1.67. The number of fused-ring (bicyclic) bond motifs is 1. The van der Waals surface area contributed by atoms with E-state index in [0.29, 0.717) is 10.0 Å². The predicted molar refractivity (Wildman–Crippen MR) is 71.7 cm³/mol. The van der Waals surface area contributed by atoms with Crippen LogP contribution in [-0.2, 0) is 0 Å². The van der Waals surface area contributed by atoms with Crippen LogP contribution in [-0.4, -0.2) is 0 Å². The maximum atomic E-state index is 6.21. The molecule has 84 valence electrons. The van der Waals surface area contributed by atoms with E-state index in [2.05, 4.69) is 0 Å². The third kappa shape index (κ3) is 1.72. The molecule has 0 fully saturated rings. The molecule has 0 amide bonds. The molecule has 2 aromatic carbocycles. The van der Waals surface area contributed by atoms with Crippen molar-refractivity contribution >= 4 is 34.2 Å². The Kier molecular flexibility index (Phi) is 2.58. The highest BCUT2D eigenvalue weighted by Gasteiger charge is 2.12. The molecule has 0 aliphatic rings. The van der Waals surface area contributed by atoms with Crippen LogP contribution in [0.2, 0.25) is 10.0 Å². The van der Waals surface area contributed by atoms with Crippen LogP contribution in [0.15, 0.2) is 53.1 Å². The summed E-state index contributed by atoms with van der Waals surface area (Å²) in [6, 6.07) is 13.3. The summed E-state index contributed by atoms with van der Waals surface area (Å²) in [4.78, 5) is 0. The largest absolute Gasteiger partial charge is 0.464 e. The lowest BCUT2D eigenvalue weighted by Gasteiger charge is -2.07. The Labute approximate surface area is 109 Å². The molecule has 1 heterocycles. The number of para-hydroxylation sites is 1. The SMILES string of the molecule is Clc1cccc(Cl)c1-c1cccc2ccoc12. The first-order valence-corrected chi connectivity index (χ1v) is 5.93. The summed E-state index contributed by atoms with van der Waals surface area (Å²) >= 11 is 12.4. The standard InChI is InChI=1S/C14H8Cl2O/c15-11-5-2-6-12(16)13(11)10-4-1-3-9-7-8-17-14(9)10/h1-8H. The van der Waals surface area contributed by atoms with Crippen molar-refractivity contribution in [2.45, 2.75) is 0 Å². The number of hydrogen-bond donors (Lipinski definition) is 0. The van der Waals surface area contributed by atoms with Crippen molar-refractivity contribution in [3.05, 3.63) is 58.8 Å². The second-order valence-electron chi connectivity index (χ2n) is 3.74. The number of rotatable bonds is 1. The molecule has 0 N–H and O–H groups in total.